The molecule has 4 nitrogen and oxygen atoms in total. The first-order valence-corrected chi connectivity index (χ1v) is 6.96. The lowest BCUT2D eigenvalue weighted by molar-refractivity contribution is 0.0964. The quantitative estimate of drug-likeness (QED) is 0.186. The van der Waals surface area contributed by atoms with Crippen molar-refractivity contribution in [2.75, 3.05) is 0 Å². The maximum Gasteiger partial charge on any atom is 0.201 e. The van der Waals surface area contributed by atoms with Crippen LogP contribution in [0.25, 0.3) is 0 Å². The fourth-order valence-electron chi connectivity index (χ4n) is 2.39. The number of fused-ring (bicyclic) bond motifs is 2. The first-order chi connectivity index (χ1) is 10.7. The minimum Gasteiger partial charge on any atom is -0.507 e. The van der Waals surface area contributed by atoms with Crippen molar-refractivity contribution in [3.63, 3.8) is 0 Å². The van der Waals surface area contributed by atoms with E-state index in [9.17, 15) is 37.4 Å². The number of carbonyl (C=O) groups excluding carboxylic acids is 2. The number of benzene rings is 2. The zero-order chi connectivity index (χ0) is 17.2. The number of carbonyl (C=O) groups is 2. The van der Waals surface area contributed by atoms with E-state index in [1.807, 2.05) is 0 Å². The van der Waals surface area contributed by atoms with Crippen LogP contribution in [-0.2, 0) is 0 Å². The average molecular weight is 438 g/mol. The Kier molecular flexibility index (Phi) is 3.36. The van der Waals surface area contributed by atoms with Crippen LogP contribution in [0.1, 0.15) is 31.8 Å². The molecule has 118 valence electrons. The third-order valence-electron chi connectivity index (χ3n) is 3.41. The molecule has 0 saturated heterocycles. The summed E-state index contributed by atoms with van der Waals surface area (Å²) < 4.78 is 54.4. The number of halogens is 5. The van der Waals surface area contributed by atoms with Crippen LogP contribution in [0.3, 0.4) is 0 Å². The third kappa shape index (κ3) is 1.89. The highest BCUT2D eigenvalue weighted by Crippen LogP contribution is 2.42. The molecule has 1 aliphatic rings. The van der Waals surface area contributed by atoms with Gasteiger partial charge < -0.3 is 10.2 Å². The monoisotopic (exact) mass is 438 g/mol. The molecule has 3 rings (SSSR count). The van der Waals surface area contributed by atoms with Crippen molar-refractivity contribution < 1.29 is 37.4 Å². The van der Waals surface area contributed by atoms with Crippen molar-refractivity contribution in [1.29, 1.82) is 0 Å². The van der Waals surface area contributed by atoms with Gasteiger partial charge in [-0.1, -0.05) is 0 Å². The number of rotatable bonds is 0. The number of phenolic OH excluding ortho intramolecular Hbond substituents is 2. The first-order valence-electron chi connectivity index (χ1n) is 5.88. The molecule has 0 bridgehead atoms. The molecule has 2 aromatic rings. The molecule has 2 N–H and O–H groups in total. The topological polar surface area (TPSA) is 74.6 Å². The Balaban J connectivity index is 2.51. The number of ketones is 2. The minimum absolute atomic E-state index is 0.0492. The van der Waals surface area contributed by atoms with E-state index in [2.05, 4.69) is 0 Å². The Morgan fingerprint density at radius 1 is 0.739 bits per heavy atom. The highest BCUT2D eigenvalue weighted by molar-refractivity contribution is 14.1. The third-order valence-corrected chi connectivity index (χ3v) is 4.23. The second-order valence-electron chi connectivity index (χ2n) is 4.64. The standard InChI is InChI=1S/C14H3F4IO4/c15-8-5-6(9(16)11(18)10(8)17)14(23)7-4(13(5)22)3(20)1-2(19)12(7)21/h1,20-21H. The minimum atomic E-state index is -2.25. The smallest absolute Gasteiger partial charge is 0.201 e. The summed E-state index contributed by atoms with van der Waals surface area (Å²) in [5, 5.41) is 19.7. The molecule has 2 aromatic carbocycles. The fourth-order valence-corrected chi connectivity index (χ4v) is 2.95. The van der Waals surface area contributed by atoms with Crippen LogP contribution in [0.4, 0.5) is 17.6 Å². The summed E-state index contributed by atoms with van der Waals surface area (Å²) in [6.07, 6.45) is 0. The number of aromatic hydroxyl groups is 2. The van der Waals surface area contributed by atoms with E-state index in [-0.39, 0.29) is 3.57 Å². The molecule has 0 heterocycles. The van der Waals surface area contributed by atoms with Gasteiger partial charge in [0.05, 0.1) is 25.8 Å². The Morgan fingerprint density at radius 2 is 1.17 bits per heavy atom. The SMILES string of the molecule is O=C1c2c(O)cc(I)c(O)c2C(=O)c2c(F)c(F)c(F)c(F)c21. The summed E-state index contributed by atoms with van der Waals surface area (Å²) in [6.45, 7) is 0. The molecule has 0 fully saturated rings. The van der Waals surface area contributed by atoms with Gasteiger partial charge in [0.25, 0.3) is 0 Å². The van der Waals surface area contributed by atoms with Gasteiger partial charge >= 0.3 is 0 Å². The van der Waals surface area contributed by atoms with Crippen molar-refractivity contribution >= 4 is 34.2 Å². The number of phenols is 2. The molecule has 0 aromatic heterocycles. The first kappa shape index (κ1) is 15.7. The highest BCUT2D eigenvalue weighted by atomic mass is 127. The van der Waals surface area contributed by atoms with Gasteiger partial charge in [0, 0.05) is 0 Å². The second-order valence-corrected chi connectivity index (χ2v) is 5.80. The van der Waals surface area contributed by atoms with E-state index >= 15 is 0 Å². The predicted molar refractivity (Wildman–Crippen MR) is 75.6 cm³/mol. The van der Waals surface area contributed by atoms with Crippen LogP contribution in [0.15, 0.2) is 6.07 Å². The molecule has 0 amide bonds. The largest absolute Gasteiger partial charge is 0.507 e. The summed E-state index contributed by atoms with van der Waals surface area (Å²) >= 11 is 1.52. The second kappa shape index (κ2) is 4.91. The lowest BCUT2D eigenvalue weighted by Crippen LogP contribution is -2.26. The maximum absolute atomic E-state index is 13.9. The van der Waals surface area contributed by atoms with Gasteiger partial charge in [-0.2, -0.15) is 0 Å². The van der Waals surface area contributed by atoms with E-state index in [1.165, 1.54) is 22.6 Å². The van der Waals surface area contributed by atoms with Gasteiger partial charge in [-0.05, 0) is 28.7 Å². The van der Waals surface area contributed by atoms with E-state index in [4.69, 9.17) is 0 Å². The average Bonchev–Trinajstić information content (AvgIpc) is 2.49. The predicted octanol–water partition coefficient (Wildman–Crippen LogP) is 3.03. The lowest BCUT2D eigenvalue weighted by Gasteiger charge is -2.21. The van der Waals surface area contributed by atoms with Crippen molar-refractivity contribution in [2.45, 2.75) is 0 Å². The van der Waals surface area contributed by atoms with Gasteiger partial charge in [0.2, 0.25) is 11.6 Å². The Bertz CT molecular complexity index is 940. The van der Waals surface area contributed by atoms with Gasteiger partial charge in [0.15, 0.2) is 23.3 Å². The molecule has 0 aliphatic heterocycles. The van der Waals surface area contributed by atoms with E-state index in [0.29, 0.717) is 0 Å². The summed E-state index contributed by atoms with van der Waals surface area (Å²) in [5.41, 5.74) is -4.24. The van der Waals surface area contributed by atoms with Crippen LogP contribution in [-0.4, -0.2) is 21.8 Å². The molecule has 0 atom stereocenters. The molecule has 0 unspecified atom stereocenters. The lowest BCUT2D eigenvalue weighted by atomic mass is 9.82. The zero-order valence-electron chi connectivity index (χ0n) is 10.7. The molecule has 23 heavy (non-hydrogen) atoms. The van der Waals surface area contributed by atoms with Gasteiger partial charge in [-0.15, -0.1) is 0 Å². The molecular weight excluding hydrogens is 435 g/mol. The summed E-state index contributed by atoms with van der Waals surface area (Å²) in [5.74, 6) is -13.0. The Morgan fingerprint density at radius 3 is 1.65 bits per heavy atom. The van der Waals surface area contributed by atoms with Crippen molar-refractivity contribution in [3.05, 3.63) is 55.2 Å². The van der Waals surface area contributed by atoms with Crippen molar-refractivity contribution in [2.24, 2.45) is 0 Å². The van der Waals surface area contributed by atoms with Gasteiger partial charge in [-0.25, -0.2) is 17.6 Å². The van der Waals surface area contributed by atoms with E-state index in [1.54, 1.807) is 0 Å². The van der Waals surface area contributed by atoms with E-state index < -0.39 is 68.6 Å². The van der Waals surface area contributed by atoms with Crippen molar-refractivity contribution in [3.8, 4) is 11.5 Å². The van der Waals surface area contributed by atoms with E-state index in [0.717, 1.165) is 6.07 Å². The van der Waals surface area contributed by atoms with Gasteiger partial charge in [0.1, 0.15) is 11.5 Å². The van der Waals surface area contributed by atoms with Gasteiger partial charge in [-0.3, -0.25) is 9.59 Å². The fraction of sp³-hybridized carbons (Fsp3) is 0. The molecule has 0 spiro atoms. The number of hydrogen-bond donors (Lipinski definition) is 2. The molecular formula is C14H3F4IO4. The maximum atomic E-state index is 13.9. The van der Waals surface area contributed by atoms with Crippen molar-refractivity contribution in [1.82, 2.24) is 0 Å². The Labute approximate surface area is 138 Å². The van der Waals surface area contributed by atoms with Crippen LogP contribution >= 0.6 is 22.6 Å². The summed E-state index contributed by atoms with van der Waals surface area (Å²) in [7, 11) is 0. The van der Waals surface area contributed by atoms with Crippen LogP contribution < -0.4 is 0 Å². The Hall–Kier alpha value is -2.17. The molecule has 0 radical (unpaired) electrons. The summed E-state index contributed by atoms with van der Waals surface area (Å²) in [4.78, 5) is 24.5. The van der Waals surface area contributed by atoms with Crippen LogP contribution in [0.2, 0.25) is 0 Å². The normalized spacial score (nSPS) is 13.1. The number of hydrogen-bond acceptors (Lipinski definition) is 4. The molecule has 0 saturated carbocycles. The summed E-state index contributed by atoms with van der Waals surface area (Å²) in [6, 6.07) is 0.916. The van der Waals surface area contributed by atoms with Crippen LogP contribution in [0.5, 0.6) is 11.5 Å². The zero-order valence-corrected chi connectivity index (χ0v) is 12.8. The highest BCUT2D eigenvalue weighted by Gasteiger charge is 2.42. The molecule has 9 heteroatoms. The molecule has 1 aliphatic carbocycles. The van der Waals surface area contributed by atoms with Crippen LogP contribution in [0, 0.1) is 26.8 Å².